The van der Waals surface area contributed by atoms with Crippen molar-refractivity contribution < 1.29 is 14.0 Å². The van der Waals surface area contributed by atoms with Crippen LogP contribution in [0.1, 0.15) is 34.9 Å². The maximum atomic E-state index is 14.0. The molecule has 0 spiro atoms. The summed E-state index contributed by atoms with van der Waals surface area (Å²) in [6, 6.07) is 6.46. The molecule has 1 aromatic heterocycles. The van der Waals surface area contributed by atoms with E-state index in [-0.39, 0.29) is 22.7 Å². The number of benzene rings is 1. The van der Waals surface area contributed by atoms with Crippen LogP contribution in [0.2, 0.25) is 5.02 Å². The largest absolute Gasteiger partial charge is 0.382 e. The van der Waals surface area contributed by atoms with Crippen molar-refractivity contribution >= 4 is 39.6 Å². The number of amides is 1. The fourth-order valence-electron chi connectivity index (χ4n) is 2.84. The van der Waals surface area contributed by atoms with Crippen molar-refractivity contribution in [3.05, 3.63) is 50.6 Å². The minimum Gasteiger partial charge on any atom is -0.382 e. The van der Waals surface area contributed by atoms with Crippen molar-refractivity contribution in [3.63, 3.8) is 0 Å². The normalized spacial score (nSPS) is 16.0. The number of halogens is 2. The van der Waals surface area contributed by atoms with Crippen LogP contribution in [0.15, 0.2) is 23.4 Å². The van der Waals surface area contributed by atoms with Crippen LogP contribution < -0.4 is 5.32 Å². The van der Waals surface area contributed by atoms with Gasteiger partial charge in [-0.05, 0) is 31.0 Å². The van der Waals surface area contributed by atoms with Crippen molar-refractivity contribution in [2.45, 2.75) is 32.8 Å². The van der Waals surface area contributed by atoms with Gasteiger partial charge in [-0.3, -0.25) is 4.79 Å². The second-order valence-electron chi connectivity index (χ2n) is 5.73. The summed E-state index contributed by atoms with van der Waals surface area (Å²) >= 11 is 7.38. The van der Waals surface area contributed by atoms with Crippen molar-refractivity contribution in [1.29, 1.82) is 5.26 Å². The number of rotatable bonds is 4. The van der Waals surface area contributed by atoms with Crippen LogP contribution in [0.5, 0.6) is 0 Å². The Bertz CT molecular complexity index is 928. The summed E-state index contributed by atoms with van der Waals surface area (Å²) in [5.41, 5.74) is 1.82. The lowest BCUT2D eigenvalue weighted by atomic mass is 10.0. The van der Waals surface area contributed by atoms with Gasteiger partial charge in [0, 0.05) is 11.3 Å². The summed E-state index contributed by atoms with van der Waals surface area (Å²) in [4.78, 5) is 18.7. The van der Waals surface area contributed by atoms with Gasteiger partial charge in [-0.25, -0.2) is 4.39 Å². The molecule has 134 valence electrons. The molecule has 1 atom stereocenters. The molecule has 1 aliphatic heterocycles. The first kappa shape index (κ1) is 18.4. The summed E-state index contributed by atoms with van der Waals surface area (Å²) in [6.07, 6.45) is -0.0981. The third-order valence-corrected chi connectivity index (χ3v) is 5.50. The number of hydrogen-bond acceptors (Lipinski definition) is 5. The van der Waals surface area contributed by atoms with E-state index in [1.165, 1.54) is 23.5 Å². The zero-order valence-corrected chi connectivity index (χ0v) is 15.7. The van der Waals surface area contributed by atoms with E-state index in [1.54, 1.807) is 6.07 Å². The first-order valence-electron chi connectivity index (χ1n) is 7.96. The average molecular weight is 392 g/mol. The number of aryl methyl sites for hydroxylation is 1. The van der Waals surface area contributed by atoms with E-state index in [1.807, 2.05) is 13.8 Å². The molecule has 0 unspecified atom stereocenters. The molecule has 3 rings (SSSR count). The molecule has 0 saturated carbocycles. The van der Waals surface area contributed by atoms with E-state index >= 15 is 0 Å². The van der Waals surface area contributed by atoms with Gasteiger partial charge in [-0.1, -0.05) is 29.7 Å². The second-order valence-corrected chi connectivity index (χ2v) is 7.36. The molecule has 2 aromatic rings. The SMILES string of the molecule is CCc1c(C)sc(NC(=O)[C@H]2CC(c3c(F)cccc3Cl)=NO2)c1C#N. The molecule has 0 radical (unpaired) electrons. The van der Waals surface area contributed by atoms with Crippen LogP contribution in [0.4, 0.5) is 9.39 Å². The van der Waals surface area contributed by atoms with Gasteiger partial charge in [-0.2, -0.15) is 5.26 Å². The molecular formula is C18H15ClFN3O2S. The van der Waals surface area contributed by atoms with Gasteiger partial charge in [0.25, 0.3) is 5.91 Å². The monoisotopic (exact) mass is 391 g/mol. The first-order chi connectivity index (χ1) is 12.5. The molecule has 1 aromatic carbocycles. The van der Waals surface area contributed by atoms with Crippen LogP contribution in [0, 0.1) is 24.1 Å². The summed E-state index contributed by atoms with van der Waals surface area (Å²) in [6.45, 7) is 3.87. The lowest BCUT2D eigenvalue weighted by molar-refractivity contribution is -0.125. The van der Waals surface area contributed by atoms with Crippen LogP contribution in [-0.2, 0) is 16.1 Å². The fraction of sp³-hybridized carbons (Fsp3) is 0.278. The van der Waals surface area contributed by atoms with Gasteiger partial charge in [0.05, 0.1) is 21.9 Å². The molecule has 5 nitrogen and oxygen atoms in total. The Balaban J connectivity index is 1.75. The predicted molar refractivity (Wildman–Crippen MR) is 99.2 cm³/mol. The van der Waals surface area contributed by atoms with Crippen molar-refractivity contribution in [3.8, 4) is 6.07 Å². The molecule has 0 fully saturated rings. The summed E-state index contributed by atoms with van der Waals surface area (Å²) in [5.74, 6) is -0.953. The molecule has 0 bridgehead atoms. The highest BCUT2D eigenvalue weighted by Gasteiger charge is 2.32. The summed E-state index contributed by atoms with van der Waals surface area (Å²) in [7, 11) is 0. The number of anilines is 1. The van der Waals surface area contributed by atoms with Gasteiger partial charge in [0.2, 0.25) is 6.10 Å². The van der Waals surface area contributed by atoms with Crippen molar-refractivity contribution in [2.24, 2.45) is 5.16 Å². The molecule has 2 heterocycles. The van der Waals surface area contributed by atoms with Crippen LogP contribution >= 0.6 is 22.9 Å². The number of thiophene rings is 1. The smallest absolute Gasteiger partial charge is 0.269 e. The summed E-state index contributed by atoms with van der Waals surface area (Å²) < 4.78 is 14.0. The lowest BCUT2D eigenvalue weighted by Crippen LogP contribution is -2.28. The zero-order chi connectivity index (χ0) is 18.8. The highest BCUT2D eigenvalue weighted by atomic mass is 35.5. The van der Waals surface area contributed by atoms with E-state index in [9.17, 15) is 14.4 Å². The standard InChI is InChI=1S/C18H15ClFN3O2S/c1-3-10-9(2)26-18(11(10)8-21)22-17(24)15-7-14(23-25-15)16-12(19)5-4-6-13(16)20/h4-6,15H,3,7H2,1-2H3,(H,22,24)/t15-/m1/s1. The topological polar surface area (TPSA) is 74.5 Å². The van der Waals surface area contributed by atoms with Gasteiger partial charge in [0.15, 0.2) is 0 Å². The average Bonchev–Trinajstić information content (AvgIpc) is 3.19. The van der Waals surface area contributed by atoms with Gasteiger partial charge >= 0.3 is 0 Å². The Morgan fingerprint density at radius 2 is 2.35 bits per heavy atom. The molecule has 0 saturated heterocycles. The molecule has 1 N–H and O–H groups in total. The third kappa shape index (κ3) is 3.30. The van der Waals surface area contributed by atoms with Crippen LogP contribution in [-0.4, -0.2) is 17.7 Å². The highest BCUT2D eigenvalue weighted by molar-refractivity contribution is 7.16. The highest BCUT2D eigenvalue weighted by Crippen LogP contribution is 2.33. The molecule has 0 aliphatic carbocycles. The Morgan fingerprint density at radius 3 is 3.00 bits per heavy atom. The Morgan fingerprint density at radius 1 is 1.58 bits per heavy atom. The van der Waals surface area contributed by atoms with Crippen LogP contribution in [0.3, 0.4) is 0 Å². The van der Waals surface area contributed by atoms with Crippen LogP contribution in [0.25, 0.3) is 0 Å². The minimum absolute atomic E-state index is 0.0966. The number of oxime groups is 1. The van der Waals surface area contributed by atoms with E-state index in [0.717, 1.165) is 10.4 Å². The van der Waals surface area contributed by atoms with Gasteiger partial charge in [0.1, 0.15) is 16.9 Å². The number of nitrogens with zero attached hydrogens (tertiary/aromatic N) is 2. The van der Waals surface area contributed by atoms with E-state index in [4.69, 9.17) is 16.4 Å². The maximum Gasteiger partial charge on any atom is 0.269 e. The molecule has 26 heavy (non-hydrogen) atoms. The first-order valence-corrected chi connectivity index (χ1v) is 9.16. The Kier molecular flexibility index (Phi) is 5.25. The third-order valence-electron chi connectivity index (χ3n) is 4.12. The fourth-order valence-corrected chi connectivity index (χ4v) is 4.21. The minimum atomic E-state index is -0.903. The maximum absolute atomic E-state index is 14.0. The Hall–Kier alpha value is -2.43. The van der Waals surface area contributed by atoms with Gasteiger partial charge in [-0.15, -0.1) is 11.3 Å². The number of nitriles is 1. The molecular weight excluding hydrogens is 377 g/mol. The predicted octanol–water partition coefficient (Wildman–Crippen LogP) is 4.41. The second kappa shape index (κ2) is 7.44. The number of hydrogen-bond donors (Lipinski definition) is 1. The van der Waals surface area contributed by atoms with Crippen molar-refractivity contribution in [2.75, 3.05) is 5.32 Å². The zero-order valence-electron chi connectivity index (χ0n) is 14.1. The van der Waals surface area contributed by atoms with E-state index < -0.39 is 17.8 Å². The van der Waals surface area contributed by atoms with Crippen molar-refractivity contribution in [1.82, 2.24) is 0 Å². The quantitative estimate of drug-likeness (QED) is 0.838. The molecule has 8 heteroatoms. The number of carbonyl (C=O) groups is 1. The number of nitrogens with one attached hydrogen (secondary N) is 1. The Labute approximate surface area is 159 Å². The van der Waals surface area contributed by atoms with E-state index in [2.05, 4.69) is 16.5 Å². The molecule has 1 amide bonds. The molecule has 1 aliphatic rings. The lowest BCUT2D eigenvalue weighted by Gasteiger charge is -2.09. The number of carbonyl (C=O) groups excluding carboxylic acids is 1. The van der Waals surface area contributed by atoms with E-state index in [0.29, 0.717) is 17.0 Å². The summed E-state index contributed by atoms with van der Waals surface area (Å²) in [5, 5.41) is 16.6. The van der Waals surface area contributed by atoms with Gasteiger partial charge < -0.3 is 10.2 Å².